The summed E-state index contributed by atoms with van der Waals surface area (Å²) in [5.74, 6) is 0.456. The number of nitrogens with zero attached hydrogens (tertiary/aromatic N) is 1. The maximum atomic E-state index is 12.5. The molecule has 1 heterocycles. The minimum atomic E-state index is -0.528. The Kier molecular flexibility index (Phi) is 3.84. The van der Waals surface area contributed by atoms with Crippen LogP contribution in [0.15, 0.2) is 0 Å². The van der Waals surface area contributed by atoms with E-state index in [-0.39, 0.29) is 22.3 Å². The molecule has 0 radical (unpaired) electrons. The highest BCUT2D eigenvalue weighted by atomic mass is 16.5. The largest absolute Gasteiger partial charge is 0.465 e. The van der Waals surface area contributed by atoms with Crippen molar-refractivity contribution in [3.05, 3.63) is 0 Å². The summed E-state index contributed by atoms with van der Waals surface area (Å²) in [5, 5.41) is 0. The molecule has 3 fully saturated rings. The molecule has 4 nitrogen and oxygen atoms in total. The summed E-state index contributed by atoms with van der Waals surface area (Å²) >= 11 is 0. The predicted octanol–water partition coefficient (Wildman–Crippen LogP) is 2.56. The van der Waals surface area contributed by atoms with Crippen molar-refractivity contribution in [1.82, 2.24) is 4.90 Å². The number of ether oxygens (including phenoxy) is 1. The highest BCUT2D eigenvalue weighted by Crippen LogP contribution is 2.72. The molecule has 22 heavy (non-hydrogen) atoms. The molecule has 0 aromatic rings. The maximum absolute atomic E-state index is 12.5. The van der Waals surface area contributed by atoms with Gasteiger partial charge in [0.15, 0.2) is 0 Å². The number of hydrogen-bond acceptors (Lipinski definition) is 4. The van der Waals surface area contributed by atoms with Crippen LogP contribution in [0, 0.1) is 16.7 Å². The summed E-state index contributed by atoms with van der Waals surface area (Å²) < 4.78 is 5.33. The van der Waals surface area contributed by atoms with Crippen LogP contribution in [-0.4, -0.2) is 42.1 Å². The van der Waals surface area contributed by atoms with Crippen molar-refractivity contribution in [2.24, 2.45) is 22.5 Å². The maximum Gasteiger partial charge on any atom is 0.324 e. The summed E-state index contributed by atoms with van der Waals surface area (Å²) in [6.07, 6.45) is 5.94. The van der Waals surface area contributed by atoms with Crippen LogP contribution < -0.4 is 5.73 Å². The number of esters is 1. The first kappa shape index (κ1) is 16.3. The molecule has 0 spiro atoms. The Hall–Kier alpha value is -0.610. The van der Waals surface area contributed by atoms with Gasteiger partial charge in [0.25, 0.3) is 0 Å². The minimum absolute atomic E-state index is 0.0845. The van der Waals surface area contributed by atoms with Crippen molar-refractivity contribution in [1.29, 1.82) is 0 Å². The van der Waals surface area contributed by atoms with E-state index >= 15 is 0 Å². The van der Waals surface area contributed by atoms with E-state index in [2.05, 4.69) is 25.7 Å². The van der Waals surface area contributed by atoms with E-state index < -0.39 is 6.04 Å². The fourth-order valence-electron chi connectivity index (χ4n) is 6.02. The molecule has 0 unspecified atom stereocenters. The van der Waals surface area contributed by atoms with E-state index in [1.807, 2.05) is 6.92 Å². The highest BCUT2D eigenvalue weighted by molar-refractivity contribution is 5.78. The summed E-state index contributed by atoms with van der Waals surface area (Å²) in [6.45, 7) is 11.6. The molecule has 2 aliphatic carbocycles. The lowest BCUT2D eigenvalue weighted by molar-refractivity contribution is -0.154. The van der Waals surface area contributed by atoms with Gasteiger partial charge in [-0.25, -0.2) is 0 Å². The number of carbonyl (C=O) groups excluding carboxylic acids is 1. The number of nitrogens with two attached hydrogens (primary N) is 1. The lowest BCUT2D eigenvalue weighted by atomic mass is 9.59. The number of likely N-dealkylation sites (tertiary alicyclic amines) is 1. The summed E-state index contributed by atoms with van der Waals surface area (Å²) in [5.41, 5.74) is 6.70. The van der Waals surface area contributed by atoms with Gasteiger partial charge in [-0.3, -0.25) is 9.69 Å². The van der Waals surface area contributed by atoms with Crippen molar-refractivity contribution in [2.45, 2.75) is 71.4 Å². The van der Waals surface area contributed by atoms with E-state index in [1.165, 1.54) is 25.7 Å². The third-order valence-electron chi connectivity index (χ3n) is 7.67. The third kappa shape index (κ3) is 1.80. The zero-order valence-corrected chi connectivity index (χ0v) is 14.7. The van der Waals surface area contributed by atoms with Gasteiger partial charge in [0, 0.05) is 0 Å². The number of hydrogen-bond donors (Lipinski definition) is 1. The second-order valence-corrected chi connectivity index (χ2v) is 8.34. The second kappa shape index (κ2) is 5.20. The van der Waals surface area contributed by atoms with Crippen LogP contribution in [0.3, 0.4) is 0 Å². The Balaban J connectivity index is 2.04. The van der Waals surface area contributed by atoms with Crippen LogP contribution in [0.5, 0.6) is 0 Å². The molecule has 0 aromatic carbocycles. The van der Waals surface area contributed by atoms with Gasteiger partial charge < -0.3 is 10.5 Å². The van der Waals surface area contributed by atoms with Crippen LogP contribution in [0.1, 0.15) is 59.8 Å². The van der Waals surface area contributed by atoms with Crippen molar-refractivity contribution < 1.29 is 9.53 Å². The van der Waals surface area contributed by atoms with Crippen molar-refractivity contribution in [2.75, 3.05) is 19.7 Å². The fraction of sp³-hybridized carbons (Fsp3) is 0.944. The zero-order valence-electron chi connectivity index (χ0n) is 14.7. The molecule has 4 heteroatoms. The van der Waals surface area contributed by atoms with E-state index in [0.29, 0.717) is 12.5 Å². The van der Waals surface area contributed by atoms with Gasteiger partial charge in [-0.2, -0.15) is 0 Å². The molecule has 0 aromatic heterocycles. The lowest BCUT2D eigenvalue weighted by Crippen LogP contribution is -2.69. The van der Waals surface area contributed by atoms with Gasteiger partial charge >= 0.3 is 5.97 Å². The van der Waals surface area contributed by atoms with Crippen LogP contribution in [0.4, 0.5) is 0 Å². The molecule has 4 atom stereocenters. The van der Waals surface area contributed by atoms with E-state index in [0.717, 1.165) is 19.5 Å². The summed E-state index contributed by atoms with van der Waals surface area (Å²) in [4.78, 5) is 15.1. The standard InChI is InChI=1S/C18H32N2O2/c1-5-22-15(21)14(19)18(20-10-6-7-11-20)12-13-8-9-17(18,4)16(13,2)3/h13-14H,5-12,19H2,1-4H3/t13-,14-,17+,18+/m0/s1. The van der Waals surface area contributed by atoms with Crippen molar-refractivity contribution in [3.63, 3.8) is 0 Å². The van der Waals surface area contributed by atoms with E-state index in [9.17, 15) is 4.79 Å². The number of carbonyl (C=O) groups is 1. The quantitative estimate of drug-likeness (QED) is 0.811. The first-order valence-corrected chi connectivity index (χ1v) is 8.98. The van der Waals surface area contributed by atoms with Gasteiger partial charge in [0.2, 0.25) is 0 Å². The molecule has 126 valence electrons. The molecule has 2 bridgehead atoms. The molecule has 3 aliphatic rings. The molecule has 3 rings (SSSR count). The van der Waals surface area contributed by atoms with E-state index in [1.54, 1.807) is 0 Å². The Morgan fingerprint density at radius 1 is 1.32 bits per heavy atom. The Labute approximate surface area is 134 Å². The number of rotatable bonds is 4. The lowest BCUT2D eigenvalue weighted by Gasteiger charge is -2.55. The predicted molar refractivity (Wildman–Crippen MR) is 87.4 cm³/mol. The molecule has 0 amide bonds. The Bertz CT molecular complexity index is 458. The molecule has 1 saturated heterocycles. The monoisotopic (exact) mass is 308 g/mol. The molecule has 2 saturated carbocycles. The first-order chi connectivity index (χ1) is 10.3. The Morgan fingerprint density at radius 2 is 1.95 bits per heavy atom. The van der Waals surface area contributed by atoms with Gasteiger partial charge in [-0.15, -0.1) is 0 Å². The molecule has 2 N–H and O–H groups in total. The summed E-state index contributed by atoms with van der Waals surface area (Å²) in [7, 11) is 0. The van der Waals surface area contributed by atoms with Crippen molar-refractivity contribution in [3.8, 4) is 0 Å². The Morgan fingerprint density at radius 3 is 2.41 bits per heavy atom. The van der Waals surface area contributed by atoms with Gasteiger partial charge in [0.05, 0.1) is 12.1 Å². The zero-order chi connectivity index (χ0) is 16.2. The van der Waals surface area contributed by atoms with Gasteiger partial charge in [0.1, 0.15) is 6.04 Å². The normalized spacial score (nSPS) is 41.8. The third-order valence-corrected chi connectivity index (χ3v) is 7.67. The minimum Gasteiger partial charge on any atom is -0.465 e. The van der Waals surface area contributed by atoms with Crippen LogP contribution in [0.2, 0.25) is 0 Å². The SMILES string of the molecule is CCOC(=O)[C@H](N)[C@]1(N2CCCC2)C[C@@H]2CC[C@]1(C)C2(C)C. The first-order valence-electron chi connectivity index (χ1n) is 8.98. The molecular formula is C18H32N2O2. The van der Waals surface area contributed by atoms with Gasteiger partial charge in [-0.1, -0.05) is 20.8 Å². The van der Waals surface area contributed by atoms with Crippen LogP contribution >= 0.6 is 0 Å². The average Bonchev–Trinajstić information content (AvgIpc) is 3.11. The molecule has 1 aliphatic heterocycles. The fourth-order valence-corrected chi connectivity index (χ4v) is 6.02. The van der Waals surface area contributed by atoms with Gasteiger partial charge in [-0.05, 0) is 68.9 Å². The van der Waals surface area contributed by atoms with Crippen molar-refractivity contribution >= 4 is 5.97 Å². The number of fused-ring (bicyclic) bond motifs is 2. The molecular weight excluding hydrogens is 276 g/mol. The van der Waals surface area contributed by atoms with Crippen LogP contribution in [-0.2, 0) is 9.53 Å². The summed E-state index contributed by atoms with van der Waals surface area (Å²) in [6, 6.07) is -0.528. The van der Waals surface area contributed by atoms with Crippen LogP contribution in [0.25, 0.3) is 0 Å². The highest BCUT2D eigenvalue weighted by Gasteiger charge is 2.73. The topological polar surface area (TPSA) is 55.6 Å². The average molecular weight is 308 g/mol. The second-order valence-electron chi connectivity index (χ2n) is 8.34. The van der Waals surface area contributed by atoms with E-state index in [4.69, 9.17) is 10.5 Å². The smallest absolute Gasteiger partial charge is 0.324 e.